The highest BCUT2D eigenvalue weighted by molar-refractivity contribution is 5.71. The van der Waals surface area contributed by atoms with Gasteiger partial charge in [0.15, 0.2) is 6.61 Å². The normalized spacial score (nSPS) is 16.3. The fourth-order valence-electron chi connectivity index (χ4n) is 1.70. The molecule has 1 unspecified atom stereocenters. The third-order valence-electron chi connectivity index (χ3n) is 3.99. The highest BCUT2D eigenvalue weighted by Gasteiger charge is 2.88. The molecule has 0 rings (SSSR count). The second kappa shape index (κ2) is 8.41. The van der Waals surface area contributed by atoms with E-state index in [0.717, 1.165) is 6.92 Å². The zero-order chi connectivity index (χ0) is 25.5. The molecule has 0 bridgehead atoms. The molecule has 0 aromatic heterocycles. The second-order valence-corrected chi connectivity index (χ2v) is 6.43. The molecule has 0 spiro atoms. The van der Waals surface area contributed by atoms with Gasteiger partial charge in [-0.25, -0.2) is 0 Å². The first kappa shape index (κ1) is 29.4. The van der Waals surface area contributed by atoms with Crippen molar-refractivity contribution in [2.45, 2.75) is 68.4 Å². The molecule has 1 atom stereocenters. The first-order valence-electron chi connectivity index (χ1n) is 7.82. The van der Waals surface area contributed by atoms with Crippen LogP contribution in [-0.2, 0) is 9.53 Å². The minimum absolute atomic E-state index is 0.0758. The topological polar surface area (TPSA) is 26.3 Å². The highest BCUT2D eigenvalue weighted by atomic mass is 19.4. The molecule has 0 amide bonds. The number of rotatable bonds is 10. The van der Waals surface area contributed by atoms with Crippen molar-refractivity contribution in [1.82, 2.24) is 0 Å². The minimum Gasteiger partial charge on any atom is -0.459 e. The van der Waals surface area contributed by atoms with Gasteiger partial charge in [0.2, 0.25) is 0 Å². The van der Waals surface area contributed by atoms with E-state index in [1.165, 1.54) is 6.92 Å². The summed E-state index contributed by atoms with van der Waals surface area (Å²) in [6.45, 7) is -0.353. The third-order valence-corrected chi connectivity index (χ3v) is 3.99. The Morgan fingerprint density at radius 2 is 1.10 bits per heavy atom. The Kier molecular flexibility index (Phi) is 7.98. The largest absolute Gasteiger partial charge is 0.460 e. The van der Waals surface area contributed by atoms with E-state index >= 15 is 0 Å². The van der Waals surface area contributed by atoms with Crippen LogP contribution in [0.2, 0.25) is 0 Å². The molecular weight excluding hydrogens is 485 g/mol. The number of ether oxygens (including phenoxy) is 1. The maximum atomic E-state index is 13.5. The van der Waals surface area contributed by atoms with Gasteiger partial charge in [-0.2, -0.15) is 65.9 Å². The van der Waals surface area contributed by atoms with Gasteiger partial charge in [0.05, 0.1) is 12.3 Å². The molecule has 0 aromatic carbocycles. The van der Waals surface area contributed by atoms with Crippen LogP contribution in [0.25, 0.3) is 0 Å². The number of carbonyl (C=O) groups excluding carboxylic acids is 1. The SMILES string of the molecule is CCC(C)C(=O)OCC(F)(F)C(F)(F)CC(F)(F)C(F)(F)C(F)(F)C(F)(F)C(F)(F)F. The Balaban J connectivity index is 5.89. The predicted molar refractivity (Wildman–Crippen MR) is 70.8 cm³/mol. The number of halogens is 15. The molecule has 0 fully saturated rings. The van der Waals surface area contributed by atoms with Gasteiger partial charge in [0.1, 0.15) is 0 Å². The van der Waals surface area contributed by atoms with Crippen molar-refractivity contribution in [3.8, 4) is 0 Å². The van der Waals surface area contributed by atoms with E-state index in [-0.39, 0.29) is 6.42 Å². The van der Waals surface area contributed by atoms with Crippen molar-refractivity contribution in [3.05, 3.63) is 0 Å². The van der Waals surface area contributed by atoms with E-state index < -0.39 is 66.6 Å². The van der Waals surface area contributed by atoms with Crippen LogP contribution in [0.1, 0.15) is 26.7 Å². The molecule has 186 valence electrons. The summed E-state index contributed by atoms with van der Waals surface area (Å²) < 4.78 is 198. The first-order chi connectivity index (χ1) is 13.3. The number of esters is 1. The van der Waals surface area contributed by atoms with Crippen molar-refractivity contribution in [1.29, 1.82) is 0 Å². The Labute approximate surface area is 163 Å². The van der Waals surface area contributed by atoms with Crippen LogP contribution in [0, 0.1) is 5.92 Å². The molecule has 0 saturated carbocycles. The molecule has 0 N–H and O–H groups in total. The van der Waals surface area contributed by atoms with E-state index in [1.54, 1.807) is 0 Å². The van der Waals surface area contributed by atoms with E-state index in [9.17, 15) is 70.7 Å². The van der Waals surface area contributed by atoms with Gasteiger partial charge in [-0.3, -0.25) is 4.79 Å². The fourth-order valence-corrected chi connectivity index (χ4v) is 1.70. The lowest BCUT2D eigenvalue weighted by Gasteiger charge is -2.39. The van der Waals surface area contributed by atoms with Gasteiger partial charge in [-0.1, -0.05) is 13.8 Å². The van der Waals surface area contributed by atoms with Gasteiger partial charge >= 0.3 is 47.7 Å². The quantitative estimate of drug-likeness (QED) is 0.260. The first-order valence-corrected chi connectivity index (χ1v) is 7.82. The lowest BCUT2D eigenvalue weighted by Crippen LogP contribution is -2.67. The molecule has 0 heterocycles. The van der Waals surface area contributed by atoms with Gasteiger partial charge < -0.3 is 4.74 Å². The van der Waals surface area contributed by atoms with Crippen molar-refractivity contribution >= 4 is 5.97 Å². The molecular formula is C14H13F15O2. The maximum Gasteiger partial charge on any atom is 0.460 e. The van der Waals surface area contributed by atoms with Crippen molar-refractivity contribution in [2.24, 2.45) is 5.92 Å². The van der Waals surface area contributed by atoms with Gasteiger partial charge in [0.25, 0.3) is 0 Å². The highest BCUT2D eigenvalue weighted by Crippen LogP contribution is 2.59. The Morgan fingerprint density at radius 3 is 1.45 bits per heavy atom. The molecule has 17 heteroatoms. The molecule has 2 nitrogen and oxygen atoms in total. The minimum atomic E-state index is -8.02. The molecule has 0 aliphatic rings. The summed E-state index contributed by atoms with van der Waals surface area (Å²) in [6.07, 6.45) is -11.9. The number of hydrogen-bond donors (Lipinski definition) is 0. The van der Waals surface area contributed by atoms with Crippen molar-refractivity contribution < 1.29 is 75.4 Å². The lowest BCUT2D eigenvalue weighted by atomic mass is 9.92. The van der Waals surface area contributed by atoms with Crippen molar-refractivity contribution in [2.75, 3.05) is 6.61 Å². The fraction of sp³-hybridized carbons (Fsp3) is 0.929. The summed E-state index contributed by atoms with van der Waals surface area (Å²) in [7, 11) is 0. The van der Waals surface area contributed by atoms with E-state index in [2.05, 4.69) is 4.74 Å². The van der Waals surface area contributed by atoms with Crippen LogP contribution in [0.5, 0.6) is 0 Å². The smallest absolute Gasteiger partial charge is 0.459 e. The number of carbonyl (C=O) groups is 1. The van der Waals surface area contributed by atoms with Crippen LogP contribution in [0.4, 0.5) is 65.9 Å². The zero-order valence-corrected chi connectivity index (χ0v) is 15.2. The molecule has 0 radical (unpaired) electrons. The van der Waals surface area contributed by atoms with Crippen LogP contribution in [0.3, 0.4) is 0 Å². The Hall–Kier alpha value is -1.58. The summed E-state index contributed by atoms with van der Waals surface area (Å²) >= 11 is 0. The maximum absolute atomic E-state index is 13.5. The molecule has 0 aliphatic heterocycles. The van der Waals surface area contributed by atoms with Gasteiger partial charge in [-0.15, -0.1) is 0 Å². The number of hydrogen-bond acceptors (Lipinski definition) is 2. The van der Waals surface area contributed by atoms with Crippen LogP contribution >= 0.6 is 0 Å². The average molecular weight is 498 g/mol. The van der Waals surface area contributed by atoms with E-state index in [1.807, 2.05) is 0 Å². The standard InChI is InChI=1S/C14H13F15O2/c1-3-6(2)7(30)31-5-10(19,20)8(15,16)4-9(17,18)11(21,22)12(23,24)13(25,26)14(27,28)29/h6H,3-5H2,1-2H3. The average Bonchev–Trinajstić information content (AvgIpc) is 2.56. The predicted octanol–water partition coefficient (Wildman–Crippen LogP) is 6.34. The van der Waals surface area contributed by atoms with Crippen LogP contribution < -0.4 is 0 Å². The monoisotopic (exact) mass is 498 g/mol. The molecule has 0 aromatic rings. The van der Waals surface area contributed by atoms with Crippen LogP contribution in [-0.4, -0.2) is 54.3 Å². The second-order valence-electron chi connectivity index (χ2n) is 6.43. The summed E-state index contributed by atoms with van der Waals surface area (Å²) in [5.41, 5.74) is 0. The Bertz CT molecular complexity index is 638. The molecule has 0 aliphatic carbocycles. The summed E-state index contributed by atoms with van der Waals surface area (Å²) in [4.78, 5) is 11.2. The molecule has 31 heavy (non-hydrogen) atoms. The lowest BCUT2D eigenvalue weighted by molar-refractivity contribution is -0.427. The van der Waals surface area contributed by atoms with E-state index in [4.69, 9.17) is 0 Å². The summed E-state index contributed by atoms with van der Waals surface area (Å²) in [5.74, 6) is -46.0. The van der Waals surface area contributed by atoms with Crippen molar-refractivity contribution in [3.63, 3.8) is 0 Å². The van der Waals surface area contributed by atoms with Gasteiger partial charge in [-0.05, 0) is 6.42 Å². The summed E-state index contributed by atoms with van der Waals surface area (Å²) in [5, 5.41) is 0. The molecule has 0 saturated heterocycles. The van der Waals surface area contributed by atoms with E-state index in [0.29, 0.717) is 0 Å². The number of alkyl halides is 15. The van der Waals surface area contributed by atoms with Gasteiger partial charge in [0, 0.05) is 0 Å². The zero-order valence-electron chi connectivity index (χ0n) is 15.2. The van der Waals surface area contributed by atoms with Crippen LogP contribution in [0.15, 0.2) is 0 Å². The Morgan fingerprint density at radius 1 is 0.677 bits per heavy atom. The summed E-state index contributed by atoms with van der Waals surface area (Å²) in [6, 6.07) is 0. The third kappa shape index (κ3) is 5.26.